The number of hydrogen-bond acceptors (Lipinski definition) is 2. The Bertz CT molecular complexity index is 126. The lowest BCUT2D eigenvalue weighted by molar-refractivity contribution is -0.121. The van der Waals surface area contributed by atoms with E-state index in [2.05, 4.69) is 20.8 Å². The molecule has 0 radical (unpaired) electrons. The molecule has 1 fully saturated rings. The smallest absolute Gasteiger partial charge is 0.0622 e. The van der Waals surface area contributed by atoms with Crippen LogP contribution in [-0.4, -0.2) is 18.2 Å². The summed E-state index contributed by atoms with van der Waals surface area (Å²) >= 11 is 0. The summed E-state index contributed by atoms with van der Waals surface area (Å²) in [6.07, 6.45) is 2.87. The summed E-state index contributed by atoms with van der Waals surface area (Å²) in [6.45, 7) is 7.07. The van der Waals surface area contributed by atoms with Crippen molar-refractivity contribution < 1.29 is 4.74 Å². The molecule has 11 heavy (non-hydrogen) atoms. The van der Waals surface area contributed by atoms with Gasteiger partial charge in [-0.1, -0.05) is 0 Å². The van der Waals surface area contributed by atoms with E-state index in [0.717, 1.165) is 6.54 Å². The number of ether oxygens (including phenoxy) is 1. The zero-order chi connectivity index (χ0) is 8.48. The molecule has 2 nitrogen and oxygen atoms in total. The van der Waals surface area contributed by atoms with Crippen molar-refractivity contribution in [1.82, 2.24) is 0 Å². The van der Waals surface area contributed by atoms with E-state index >= 15 is 0 Å². The van der Waals surface area contributed by atoms with E-state index in [4.69, 9.17) is 10.5 Å². The van der Waals surface area contributed by atoms with Crippen molar-refractivity contribution in [2.24, 2.45) is 11.7 Å². The zero-order valence-electron chi connectivity index (χ0n) is 7.76. The summed E-state index contributed by atoms with van der Waals surface area (Å²) in [6, 6.07) is 0. The van der Waals surface area contributed by atoms with Gasteiger partial charge in [-0.25, -0.2) is 0 Å². The van der Waals surface area contributed by atoms with E-state index in [1.165, 1.54) is 12.8 Å². The van der Waals surface area contributed by atoms with Crippen LogP contribution in [0.2, 0.25) is 0 Å². The second-order valence-electron chi connectivity index (χ2n) is 4.34. The molecule has 0 heterocycles. The third-order valence-electron chi connectivity index (χ3n) is 2.16. The molecule has 1 rings (SSSR count). The van der Waals surface area contributed by atoms with Gasteiger partial charge in [0.1, 0.15) is 0 Å². The predicted octanol–water partition coefficient (Wildman–Crippen LogP) is 1.54. The van der Waals surface area contributed by atoms with Gasteiger partial charge in [0.15, 0.2) is 0 Å². The molecule has 0 unspecified atom stereocenters. The van der Waals surface area contributed by atoms with Crippen LogP contribution in [0.4, 0.5) is 0 Å². The Kier molecular flexibility index (Phi) is 2.55. The molecule has 0 saturated heterocycles. The molecular weight excluding hydrogens is 138 g/mol. The highest BCUT2D eigenvalue weighted by atomic mass is 16.5. The zero-order valence-corrected chi connectivity index (χ0v) is 7.76. The predicted molar refractivity (Wildman–Crippen MR) is 46.4 cm³/mol. The molecule has 0 aromatic carbocycles. The first kappa shape index (κ1) is 9.01. The third-order valence-corrected chi connectivity index (χ3v) is 2.16. The quantitative estimate of drug-likeness (QED) is 0.660. The van der Waals surface area contributed by atoms with Crippen molar-refractivity contribution >= 4 is 0 Å². The van der Waals surface area contributed by atoms with Crippen LogP contribution in [0.25, 0.3) is 0 Å². The first-order chi connectivity index (χ1) is 5.03. The Morgan fingerprint density at radius 2 is 2.00 bits per heavy atom. The van der Waals surface area contributed by atoms with Gasteiger partial charge in [0.25, 0.3) is 0 Å². The van der Waals surface area contributed by atoms with Gasteiger partial charge in [-0.15, -0.1) is 0 Å². The largest absolute Gasteiger partial charge is 0.372 e. The maximum atomic E-state index is 5.80. The average molecular weight is 157 g/mol. The molecule has 2 atom stereocenters. The van der Waals surface area contributed by atoms with Crippen molar-refractivity contribution in [3.05, 3.63) is 0 Å². The SMILES string of the molecule is CC(C)(C)O[C@@H]1CC[C@H]1CN. The molecule has 1 saturated carbocycles. The van der Waals surface area contributed by atoms with Crippen LogP contribution < -0.4 is 5.73 Å². The minimum atomic E-state index is -0.00148. The van der Waals surface area contributed by atoms with Crippen molar-refractivity contribution in [1.29, 1.82) is 0 Å². The van der Waals surface area contributed by atoms with Gasteiger partial charge in [0, 0.05) is 0 Å². The lowest BCUT2D eigenvalue weighted by atomic mass is 9.81. The van der Waals surface area contributed by atoms with E-state index < -0.39 is 0 Å². The fraction of sp³-hybridized carbons (Fsp3) is 1.00. The minimum Gasteiger partial charge on any atom is -0.372 e. The van der Waals surface area contributed by atoms with E-state index in [9.17, 15) is 0 Å². The lowest BCUT2D eigenvalue weighted by Crippen LogP contribution is -2.43. The van der Waals surface area contributed by atoms with Crippen LogP contribution in [0.15, 0.2) is 0 Å². The van der Waals surface area contributed by atoms with Gasteiger partial charge < -0.3 is 10.5 Å². The van der Waals surface area contributed by atoms with E-state index in [1.807, 2.05) is 0 Å². The highest BCUT2D eigenvalue weighted by molar-refractivity contribution is 4.84. The number of hydrogen-bond donors (Lipinski definition) is 1. The topological polar surface area (TPSA) is 35.2 Å². The molecule has 0 aliphatic heterocycles. The molecule has 1 aliphatic rings. The number of nitrogens with two attached hydrogens (primary N) is 1. The Labute approximate surface area is 69.1 Å². The summed E-state index contributed by atoms with van der Waals surface area (Å²) in [5.74, 6) is 0.620. The van der Waals surface area contributed by atoms with E-state index in [0.29, 0.717) is 12.0 Å². The fourth-order valence-electron chi connectivity index (χ4n) is 1.42. The molecule has 0 aromatic rings. The Balaban J connectivity index is 2.27. The fourth-order valence-corrected chi connectivity index (χ4v) is 1.42. The maximum Gasteiger partial charge on any atom is 0.0622 e. The second-order valence-corrected chi connectivity index (χ2v) is 4.34. The highest BCUT2D eigenvalue weighted by Crippen LogP contribution is 2.32. The molecule has 0 aromatic heterocycles. The van der Waals surface area contributed by atoms with E-state index in [1.54, 1.807) is 0 Å². The summed E-state index contributed by atoms with van der Waals surface area (Å²) in [7, 11) is 0. The molecule has 66 valence electrons. The van der Waals surface area contributed by atoms with Crippen LogP contribution in [0.5, 0.6) is 0 Å². The van der Waals surface area contributed by atoms with Gasteiger partial charge >= 0.3 is 0 Å². The maximum absolute atomic E-state index is 5.80. The minimum absolute atomic E-state index is 0.00148. The molecule has 2 N–H and O–H groups in total. The van der Waals surface area contributed by atoms with Crippen molar-refractivity contribution in [2.45, 2.75) is 45.3 Å². The van der Waals surface area contributed by atoms with Crippen molar-refractivity contribution in [3.8, 4) is 0 Å². The van der Waals surface area contributed by atoms with Gasteiger partial charge in [-0.2, -0.15) is 0 Å². The van der Waals surface area contributed by atoms with E-state index in [-0.39, 0.29) is 5.60 Å². The van der Waals surface area contributed by atoms with Crippen LogP contribution >= 0.6 is 0 Å². The summed E-state index contributed by atoms with van der Waals surface area (Å²) < 4.78 is 5.80. The van der Waals surface area contributed by atoms with Crippen molar-refractivity contribution in [3.63, 3.8) is 0 Å². The highest BCUT2D eigenvalue weighted by Gasteiger charge is 2.33. The standard InChI is InChI=1S/C9H19NO/c1-9(2,3)11-8-5-4-7(8)6-10/h7-8H,4-6,10H2,1-3H3/t7-,8+/m0/s1. The summed E-state index contributed by atoms with van der Waals surface area (Å²) in [5, 5.41) is 0. The Morgan fingerprint density at radius 1 is 1.36 bits per heavy atom. The lowest BCUT2D eigenvalue weighted by Gasteiger charge is -2.40. The molecule has 0 bridgehead atoms. The van der Waals surface area contributed by atoms with Gasteiger partial charge in [0.05, 0.1) is 11.7 Å². The molecule has 0 amide bonds. The molecular formula is C9H19NO. The second kappa shape index (κ2) is 3.11. The van der Waals surface area contributed by atoms with Crippen LogP contribution in [-0.2, 0) is 4.74 Å². The van der Waals surface area contributed by atoms with Crippen LogP contribution in [0, 0.1) is 5.92 Å². The molecule has 2 heteroatoms. The average Bonchev–Trinajstić information content (AvgIpc) is 1.80. The first-order valence-corrected chi connectivity index (χ1v) is 4.41. The Morgan fingerprint density at radius 3 is 2.27 bits per heavy atom. The monoisotopic (exact) mass is 157 g/mol. The van der Waals surface area contributed by atoms with Crippen LogP contribution in [0.3, 0.4) is 0 Å². The summed E-state index contributed by atoms with van der Waals surface area (Å²) in [4.78, 5) is 0. The van der Waals surface area contributed by atoms with Gasteiger partial charge in [0.2, 0.25) is 0 Å². The van der Waals surface area contributed by atoms with Gasteiger partial charge in [-0.3, -0.25) is 0 Å². The van der Waals surface area contributed by atoms with Gasteiger partial charge in [-0.05, 0) is 46.1 Å². The van der Waals surface area contributed by atoms with Crippen LogP contribution in [0.1, 0.15) is 33.6 Å². The first-order valence-electron chi connectivity index (χ1n) is 4.41. The molecule has 1 aliphatic carbocycles. The summed E-state index contributed by atoms with van der Waals surface area (Å²) in [5.41, 5.74) is 5.56. The molecule has 0 spiro atoms. The Hall–Kier alpha value is -0.0800. The number of rotatable bonds is 2. The van der Waals surface area contributed by atoms with Crippen molar-refractivity contribution in [2.75, 3.05) is 6.54 Å². The normalized spacial score (nSPS) is 31.6. The third kappa shape index (κ3) is 2.46.